The molecule has 2 aliphatic rings. The highest BCUT2D eigenvalue weighted by atomic mass is 16.6. The van der Waals surface area contributed by atoms with Crippen molar-refractivity contribution in [3.8, 4) is 0 Å². The summed E-state index contributed by atoms with van der Waals surface area (Å²) in [5.74, 6) is 0.617. The number of cyclic esters (lactones) is 1. The van der Waals surface area contributed by atoms with Crippen LogP contribution in [0, 0.1) is 0 Å². The molecule has 1 saturated heterocycles. The fourth-order valence-corrected chi connectivity index (χ4v) is 3.00. The summed E-state index contributed by atoms with van der Waals surface area (Å²) in [6, 6.07) is 11.5. The number of nitrogens with one attached hydrogen (secondary N) is 2. The minimum atomic E-state index is -0.338. The van der Waals surface area contributed by atoms with Crippen LogP contribution in [-0.2, 0) is 4.74 Å². The van der Waals surface area contributed by atoms with Gasteiger partial charge < -0.3 is 15.4 Å². The van der Waals surface area contributed by atoms with Gasteiger partial charge in [0.15, 0.2) is 0 Å². The van der Waals surface area contributed by atoms with Gasteiger partial charge in [0, 0.05) is 17.9 Å². The molecule has 140 valence electrons. The van der Waals surface area contributed by atoms with E-state index in [-0.39, 0.29) is 18.0 Å². The van der Waals surface area contributed by atoms with Gasteiger partial charge in [-0.15, -0.1) is 0 Å². The molecule has 0 spiro atoms. The van der Waals surface area contributed by atoms with E-state index in [0.29, 0.717) is 24.8 Å². The topological polar surface area (TPSA) is 83.6 Å². The van der Waals surface area contributed by atoms with Gasteiger partial charge in [-0.1, -0.05) is 12.1 Å². The van der Waals surface area contributed by atoms with Crippen molar-refractivity contribution in [3.05, 3.63) is 53.7 Å². The number of carbonyl (C=O) groups excluding carboxylic acids is 2. The van der Waals surface area contributed by atoms with E-state index >= 15 is 0 Å². The number of rotatable bonds is 6. The second-order valence-electron chi connectivity index (χ2n) is 6.91. The van der Waals surface area contributed by atoms with Crippen LogP contribution in [0.5, 0.6) is 0 Å². The maximum atomic E-state index is 12.5. The fraction of sp³-hybridized carbons (Fsp3) is 0.350. The summed E-state index contributed by atoms with van der Waals surface area (Å²) in [5, 5.41) is 6.28. The second kappa shape index (κ2) is 7.26. The number of anilines is 2. The average Bonchev–Trinajstić information content (AvgIpc) is 3.39. The van der Waals surface area contributed by atoms with Crippen molar-refractivity contribution in [2.24, 2.45) is 0 Å². The summed E-state index contributed by atoms with van der Waals surface area (Å²) < 4.78 is 4.99. The normalized spacial score (nSPS) is 17.4. The molecule has 1 aliphatic carbocycles. The molecule has 1 atom stereocenters. The molecule has 0 unspecified atom stereocenters. The van der Waals surface area contributed by atoms with Gasteiger partial charge in [0.25, 0.3) is 5.91 Å². The van der Waals surface area contributed by atoms with E-state index in [1.54, 1.807) is 17.2 Å². The molecule has 1 aliphatic heterocycles. The summed E-state index contributed by atoms with van der Waals surface area (Å²) >= 11 is 0. The van der Waals surface area contributed by atoms with Crippen LogP contribution in [0.3, 0.4) is 0 Å². The second-order valence-corrected chi connectivity index (χ2v) is 6.91. The highest BCUT2D eigenvalue weighted by Crippen LogP contribution is 2.24. The van der Waals surface area contributed by atoms with Gasteiger partial charge in [-0.2, -0.15) is 0 Å². The third-order valence-corrected chi connectivity index (χ3v) is 4.75. The Kier molecular flexibility index (Phi) is 4.66. The number of ether oxygens (including phenoxy) is 1. The molecule has 1 saturated carbocycles. The molecule has 2 aromatic rings. The van der Waals surface area contributed by atoms with Gasteiger partial charge in [-0.3, -0.25) is 9.69 Å². The Labute approximate surface area is 157 Å². The van der Waals surface area contributed by atoms with Gasteiger partial charge in [0.05, 0.1) is 18.2 Å². The zero-order valence-electron chi connectivity index (χ0n) is 15.1. The summed E-state index contributed by atoms with van der Waals surface area (Å²) in [4.78, 5) is 30.1. The van der Waals surface area contributed by atoms with E-state index < -0.39 is 0 Å². The van der Waals surface area contributed by atoms with Crippen LogP contribution in [0.1, 0.15) is 41.7 Å². The lowest BCUT2D eigenvalue weighted by molar-refractivity contribution is 0.0939. The van der Waals surface area contributed by atoms with Gasteiger partial charge in [-0.05, 0) is 49.6 Å². The number of nitrogens with zero attached hydrogens (tertiary/aromatic N) is 2. The first kappa shape index (κ1) is 17.3. The molecule has 2 N–H and O–H groups in total. The van der Waals surface area contributed by atoms with E-state index in [4.69, 9.17) is 4.74 Å². The summed E-state index contributed by atoms with van der Waals surface area (Å²) in [7, 11) is 0. The third kappa shape index (κ3) is 4.02. The van der Waals surface area contributed by atoms with E-state index in [9.17, 15) is 9.59 Å². The maximum absolute atomic E-state index is 12.5. The van der Waals surface area contributed by atoms with Crippen molar-refractivity contribution in [1.29, 1.82) is 0 Å². The quantitative estimate of drug-likeness (QED) is 0.821. The van der Waals surface area contributed by atoms with Crippen LogP contribution in [0.2, 0.25) is 0 Å². The molecule has 4 rings (SSSR count). The van der Waals surface area contributed by atoms with Crippen molar-refractivity contribution in [3.63, 3.8) is 0 Å². The smallest absolute Gasteiger partial charge is 0.414 e. The van der Waals surface area contributed by atoms with Crippen LogP contribution in [0.15, 0.2) is 42.6 Å². The highest BCUT2D eigenvalue weighted by Gasteiger charge is 2.24. The average molecular weight is 366 g/mol. The van der Waals surface area contributed by atoms with Crippen LogP contribution in [0.4, 0.5) is 16.3 Å². The molecule has 0 radical (unpaired) electrons. The van der Waals surface area contributed by atoms with Crippen molar-refractivity contribution >= 4 is 23.5 Å². The molecular formula is C20H22N4O3. The number of aromatic nitrogens is 1. The molecule has 1 aromatic heterocycles. The van der Waals surface area contributed by atoms with Crippen LogP contribution >= 0.6 is 0 Å². The van der Waals surface area contributed by atoms with Crippen molar-refractivity contribution in [2.45, 2.75) is 31.8 Å². The van der Waals surface area contributed by atoms with Crippen molar-refractivity contribution in [2.75, 3.05) is 23.4 Å². The first-order valence-corrected chi connectivity index (χ1v) is 9.18. The third-order valence-electron chi connectivity index (χ3n) is 4.75. The molecule has 1 aromatic carbocycles. The molecule has 2 amide bonds. The zero-order valence-corrected chi connectivity index (χ0v) is 15.1. The predicted octanol–water partition coefficient (Wildman–Crippen LogP) is 3.10. The lowest BCUT2D eigenvalue weighted by Crippen LogP contribution is -2.27. The number of hydrogen-bond donors (Lipinski definition) is 2. The predicted molar refractivity (Wildman–Crippen MR) is 102 cm³/mol. The fourth-order valence-electron chi connectivity index (χ4n) is 3.00. The Morgan fingerprint density at radius 1 is 1.30 bits per heavy atom. The Morgan fingerprint density at radius 3 is 2.81 bits per heavy atom. The van der Waals surface area contributed by atoms with E-state index in [2.05, 4.69) is 15.6 Å². The largest absolute Gasteiger partial charge is 0.447 e. The van der Waals surface area contributed by atoms with Crippen molar-refractivity contribution < 1.29 is 14.3 Å². The Bertz CT molecular complexity index is 849. The summed E-state index contributed by atoms with van der Waals surface area (Å²) in [5.41, 5.74) is 2.20. The van der Waals surface area contributed by atoms with Gasteiger partial charge >= 0.3 is 6.09 Å². The number of carbonyl (C=O) groups is 2. The monoisotopic (exact) mass is 366 g/mol. The van der Waals surface area contributed by atoms with Gasteiger partial charge in [0.2, 0.25) is 0 Å². The molecular weight excluding hydrogens is 344 g/mol. The molecule has 7 heteroatoms. The molecule has 0 bridgehead atoms. The Balaban J connectivity index is 1.41. The van der Waals surface area contributed by atoms with Gasteiger partial charge in [-0.25, -0.2) is 9.78 Å². The van der Waals surface area contributed by atoms with Crippen LogP contribution in [0.25, 0.3) is 0 Å². The number of benzene rings is 1. The molecule has 2 fully saturated rings. The van der Waals surface area contributed by atoms with Crippen molar-refractivity contribution in [1.82, 2.24) is 10.3 Å². The highest BCUT2D eigenvalue weighted by molar-refractivity contribution is 5.94. The Hall–Kier alpha value is -3.09. The minimum absolute atomic E-state index is 0.182. The zero-order chi connectivity index (χ0) is 18.8. The van der Waals surface area contributed by atoms with Gasteiger partial charge in [0.1, 0.15) is 12.4 Å². The first-order valence-electron chi connectivity index (χ1n) is 9.18. The standard InChI is InChI=1S/C20H22N4O3/c1-13(14-3-2-4-17(11-14)24-9-10-27-20(24)26)22-19(25)15-5-8-18(21-12-15)23-16-6-7-16/h2-5,8,11-13,16H,6-7,9-10H2,1H3,(H,21,23)(H,22,25)/t13-/m1/s1. The maximum Gasteiger partial charge on any atom is 0.414 e. The van der Waals surface area contributed by atoms with E-state index in [1.165, 1.54) is 12.8 Å². The Morgan fingerprint density at radius 2 is 2.15 bits per heavy atom. The molecule has 27 heavy (non-hydrogen) atoms. The van der Waals surface area contributed by atoms with Crippen LogP contribution in [-0.4, -0.2) is 36.2 Å². The number of pyridine rings is 1. The van der Waals surface area contributed by atoms with E-state index in [0.717, 1.165) is 17.1 Å². The summed E-state index contributed by atoms with van der Waals surface area (Å²) in [6.45, 7) is 2.85. The number of amides is 2. The SMILES string of the molecule is C[C@@H](NC(=O)c1ccc(NC2CC2)nc1)c1cccc(N2CCOC2=O)c1. The van der Waals surface area contributed by atoms with Crippen LogP contribution < -0.4 is 15.5 Å². The molecule has 2 heterocycles. The number of hydrogen-bond acceptors (Lipinski definition) is 5. The van der Waals surface area contributed by atoms with E-state index in [1.807, 2.05) is 37.3 Å². The lowest BCUT2D eigenvalue weighted by atomic mass is 10.1. The molecule has 7 nitrogen and oxygen atoms in total. The summed E-state index contributed by atoms with van der Waals surface area (Å²) in [6.07, 6.45) is 3.60. The minimum Gasteiger partial charge on any atom is -0.447 e. The first-order chi connectivity index (χ1) is 13.1. The lowest BCUT2D eigenvalue weighted by Gasteiger charge is -2.18.